The number of amides is 1. The largest absolute Gasteiger partial charge is 0.495 e. The highest BCUT2D eigenvalue weighted by Crippen LogP contribution is 2.27. The van der Waals surface area contributed by atoms with E-state index in [9.17, 15) is 4.79 Å². The third-order valence-electron chi connectivity index (χ3n) is 4.11. The van der Waals surface area contributed by atoms with Crippen molar-refractivity contribution < 1.29 is 9.53 Å². The Labute approximate surface area is 131 Å². The predicted octanol–water partition coefficient (Wildman–Crippen LogP) is 3.55. The molecule has 1 N–H and O–H groups in total. The molecule has 116 valence electrons. The molecule has 2 rings (SSSR count). The summed E-state index contributed by atoms with van der Waals surface area (Å²) in [4.78, 5) is 14.1. The normalized spacial score (nSPS) is 15.6. The van der Waals surface area contributed by atoms with E-state index >= 15 is 0 Å². The van der Waals surface area contributed by atoms with E-state index in [0.717, 1.165) is 18.5 Å². The summed E-state index contributed by atoms with van der Waals surface area (Å²) >= 11 is 6.07. The lowest BCUT2D eigenvalue weighted by atomic mass is 9.94. The summed E-state index contributed by atoms with van der Waals surface area (Å²) in [6.07, 6.45) is 5.99. The van der Waals surface area contributed by atoms with Crippen LogP contribution in [-0.4, -0.2) is 37.6 Å². The standard InChI is InChI=1S/C16H23ClN2O2/c1-19(13-6-4-3-5-7-13)16(20)11-18-12-8-9-15(21-2)14(17)10-12/h8-10,13,18H,3-7,11H2,1-2H3. The van der Waals surface area contributed by atoms with Crippen LogP contribution in [0.2, 0.25) is 5.02 Å². The second kappa shape index (κ2) is 7.55. The average molecular weight is 311 g/mol. The molecule has 0 bridgehead atoms. The first-order valence-corrected chi connectivity index (χ1v) is 7.82. The monoisotopic (exact) mass is 310 g/mol. The van der Waals surface area contributed by atoms with Crippen LogP contribution in [0.15, 0.2) is 18.2 Å². The predicted molar refractivity (Wildman–Crippen MR) is 86.1 cm³/mol. The highest BCUT2D eigenvalue weighted by Gasteiger charge is 2.21. The van der Waals surface area contributed by atoms with Gasteiger partial charge in [-0.2, -0.15) is 0 Å². The van der Waals surface area contributed by atoms with Crippen LogP contribution in [0.5, 0.6) is 5.75 Å². The highest BCUT2D eigenvalue weighted by atomic mass is 35.5. The Hall–Kier alpha value is -1.42. The van der Waals surface area contributed by atoms with E-state index in [2.05, 4.69) is 5.32 Å². The van der Waals surface area contributed by atoms with Gasteiger partial charge in [-0.1, -0.05) is 30.9 Å². The lowest BCUT2D eigenvalue weighted by molar-refractivity contribution is -0.130. The van der Waals surface area contributed by atoms with Gasteiger partial charge in [-0.25, -0.2) is 0 Å². The molecule has 4 nitrogen and oxygen atoms in total. The molecule has 0 unspecified atom stereocenters. The van der Waals surface area contributed by atoms with E-state index in [1.807, 2.05) is 18.0 Å². The molecule has 1 amide bonds. The minimum atomic E-state index is 0.119. The number of ether oxygens (including phenoxy) is 1. The van der Waals surface area contributed by atoms with Gasteiger partial charge in [0.25, 0.3) is 0 Å². The molecule has 1 aromatic rings. The minimum Gasteiger partial charge on any atom is -0.495 e. The number of nitrogens with zero attached hydrogens (tertiary/aromatic N) is 1. The number of methoxy groups -OCH3 is 1. The first-order valence-electron chi connectivity index (χ1n) is 7.45. The van der Waals surface area contributed by atoms with Gasteiger partial charge in [0.05, 0.1) is 18.7 Å². The van der Waals surface area contributed by atoms with Crippen molar-refractivity contribution in [3.63, 3.8) is 0 Å². The van der Waals surface area contributed by atoms with Crippen LogP contribution in [0, 0.1) is 0 Å². The molecule has 1 aliphatic carbocycles. The van der Waals surface area contributed by atoms with Gasteiger partial charge in [0.1, 0.15) is 5.75 Å². The maximum Gasteiger partial charge on any atom is 0.241 e. The second-order valence-corrected chi connectivity index (χ2v) is 5.91. The third kappa shape index (κ3) is 4.27. The van der Waals surface area contributed by atoms with Crippen molar-refractivity contribution in [1.29, 1.82) is 0 Å². The maximum atomic E-state index is 12.2. The van der Waals surface area contributed by atoms with Crippen LogP contribution in [0.1, 0.15) is 32.1 Å². The molecule has 21 heavy (non-hydrogen) atoms. The zero-order valence-corrected chi connectivity index (χ0v) is 13.4. The first-order chi connectivity index (χ1) is 10.1. The van der Waals surface area contributed by atoms with Crippen molar-refractivity contribution >= 4 is 23.2 Å². The SMILES string of the molecule is COc1ccc(NCC(=O)N(C)C2CCCCC2)cc1Cl. The van der Waals surface area contributed by atoms with Gasteiger partial charge in [-0.05, 0) is 31.0 Å². The van der Waals surface area contributed by atoms with Crippen molar-refractivity contribution in [3.05, 3.63) is 23.2 Å². The Morgan fingerprint density at radius 3 is 2.71 bits per heavy atom. The van der Waals surface area contributed by atoms with E-state index in [1.165, 1.54) is 19.3 Å². The number of benzene rings is 1. The quantitative estimate of drug-likeness (QED) is 0.904. The zero-order chi connectivity index (χ0) is 15.2. The molecule has 1 fully saturated rings. The van der Waals surface area contributed by atoms with E-state index in [-0.39, 0.29) is 12.5 Å². The summed E-state index contributed by atoms with van der Waals surface area (Å²) in [7, 11) is 3.48. The van der Waals surface area contributed by atoms with Gasteiger partial charge in [0.15, 0.2) is 0 Å². The Bertz CT molecular complexity index is 487. The number of hydrogen-bond acceptors (Lipinski definition) is 3. The van der Waals surface area contributed by atoms with E-state index < -0.39 is 0 Å². The fourth-order valence-electron chi connectivity index (χ4n) is 2.75. The number of hydrogen-bond donors (Lipinski definition) is 1. The molecule has 0 spiro atoms. The molecule has 0 aliphatic heterocycles. The number of carbonyl (C=O) groups excluding carboxylic acids is 1. The molecule has 0 radical (unpaired) electrons. The molecule has 0 heterocycles. The molecule has 0 atom stereocenters. The molecule has 1 aromatic carbocycles. The molecule has 1 aliphatic rings. The molecule has 0 aromatic heterocycles. The summed E-state index contributed by atoms with van der Waals surface area (Å²) in [5.74, 6) is 0.752. The van der Waals surface area contributed by atoms with Crippen molar-refractivity contribution in [2.45, 2.75) is 38.1 Å². The van der Waals surface area contributed by atoms with Gasteiger partial charge in [-0.15, -0.1) is 0 Å². The van der Waals surface area contributed by atoms with Crippen LogP contribution in [0.25, 0.3) is 0 Å². The summed E-state index contributed by atoms with van der Waals surface area (Å²) < 4.78 is 5.11. The van der Waals surface area contributed by atoms with Gasteiger partial charge < -0.3 is 15.0 Å². The lowest BCUT2D eigenvalue weighted by Gasteiger charge is -2.31. The van der Waals surface area contributed by atoms with E-state index in [4.69, 9.17) is 16.3 Å². The van der Waals surface area contributed by atoms with Gasteiger partial charge in [0, 0.05) is 18.8 Å². The molecule has 0 saturated heterocycles. The Balaban J connectivity index is 1.86. The Morgan fingerprint density at radius 1 is 1.38 bits per heavy atom. The van der Waals surface area contributed by atoms with Crippen LogP contribution in [-0.2, 0) is 4.79 Å². The fourth-order valence-corrected chi connectivity index (χ4v) is 3.01. The Kier molecular flexibility index (Phi) is 5.74. The molecular weight excluding hydrogens is 288 g/mol. The van der Waals surface area contributed by atoms with Crippen LogP contribution < -0.4 is 10.1 Å². The number of nitrogens with one attached hydrogen (secondary N) is 1. The maximum absolute atomic E-state index is 12.2. The van der Waals surface area contributed by atoms with Crippen molar-refractivity contribution in [2.24, 2.45) is 0 Å². The van der Waals surface area contributed by atoms with Gasteiger partial charge in [-0.3, -0.25) is 4.79 Å². The van der Waals surface area contributed by atoms with E-state index in [0.29, 0.717) is 16.8 Å². The van der Waals surface area contributed by atoms with Crippen LogP contribution in [0.3, 0.4) is 0 Å². The summed E-state index contributed by atoms with van der Waals surface area (Å²) in [6, 6.07) is 5.82. The van der Waals surface area contributed by atoms with Gasteiger partial charge >= 0.3 is 0 Å². The number of carbonyl (C=O) groups is 1. The summed E-state index contributed by atoms with van der Waals surface area (Å²) in [6.45, 7) is 0.287. The topological polar surface area (TPSA) is 41.6 Å². The van der Waals surface area contributed by atoms with Crippen molar-refractivity contribution in [1.82, 2.24) is 4.90 Å². The van der Waals surface area contributed by atoms with Crippen LogP contribution >= 0.6 is 11.6 Å². The second-order valence-electron chi connectivity index (χ2n) is 5.50. The average Bonchev–Trinajstić information content (AvgIpc) is 2.52. The number of rotatable bonds is 5. The molecule has 5 heteroatoms. The van der Waals surface area contributed by atoms with Gasteiger partial charge in [0.2, 0.25) is 5.91 Å². The van der Waals surface area contributed by atoms with Crippen molar-refractivity contribution in [2.75, 3.05) is 26.0 Å². The molecular formula is C16H23ClN2O2. The summed E-state index contributed by atoms with van der Waals surface area (Å²) in [5, 5.41) is 3.66. The van der Waals surface area contributed by atoms with Crippen molar-refractivity contribution in [3.8, 4) is 5.75 Å². The third-order valence-corrected chi connectivity index (χ3v) is 4.41. The molecule has 1 saturated carbocycles. The lowest BCUT2D eigenvalue weighted by Crippen LogP contribution is -2.41. The smallest absolute Gasteiger partial charge is 0.241 e. The number of halogens is 1. The fraction of sp³-hybridized carbons (Fsp3) is 0.562. The number of anilines is 1. The first kappa shape index (κ1) is 16.0. The number of likely N-dealkylation sites (N-methyl/N-ethyl adjacent to an activating group) is 1. The Morgan fingerprint density at radius 2 is 2.10 bits per heavy atom. The highest BCUT2D eigenvalue weighted by molar-refractivity contribution is 6.32. The summed E-state index contributed by atoms with van der Waals surface area (Å²) in [5.41, 5.74) is 0.825. The van der Waals surface area contributed by atoms with E-state index in [1.54, 1.807) is 19.2 Å². The van der Waals surface area contributed by atoms with Crippen LogP contribution in [0.4, 0.5) is 5.69 Å². The minimum absolute atomic E-state index is 0.119. The zero-order valence-electron chi connectivity index (χ0n) is 12.7.